The van der Waals surface area contributed by atoms with E-state index in [0.29, 0.717) is 34.6 Å². The van der Waals surface area contributed by atoms with Crippen LogP contribution >= 0.6 is 0 Å². The summed E-state index contributed by atoms with van der Waals surface area (Å²) in [6.07, 6.45) is 4.14. The van der Waals surface area contributed by atoms with E-state index >= 15 is 0 Å². The summed E-state index contributed by atoms with van der Waals surface area (Å²) in [5.74, 6) is 1.06. The molecule has 0 fully saturated rings. The molecule has 0 saturated carbocycles. The molecule has 0 unspecified atom stereocenters. The van der Waals surface area contributed by atoms with Gasteiger partial charge in [0.05, 0.1) is 10.9 Å². The van der Waals surface area contributed by atoms with Crippen LogP contribution in [0.1, 0.15) is 16.7 Å². The lowest BCUT2D eigenvalue weighted by Crippen LogP contribution is -2.20. The van der Waals surface area contributed by atoms with E-state index in [1.165, 1.54) is 18.4 Å². The second-order valence-corrected chi connectivity index (χ2v) is 6.26. The van der Waals surface area contributed by atoms with Crippen LogP contribution in [0.5, 0.6) is 11.5 Å². The smallest absolute Gasteiger partial charge is 0.244 e. The molecular formula is C21H17NO5. The predicted octanol–water partition coefficient (Wildman–Crippen LogP) is 3.16. The third-order valence-corrected chi connectivity index (χ3v) is 4.27. The minimum absolute atomic E-state index is 0.167. The molecule has 3 aromatic rings. The molecule has 0 bridgehead atoms. The van der Waals surface area contributed by atoms with Gasteiger partial charge in [0.2, 0.25) is 12.7 Å². The van der Waals surface area contributed by atoms with Crippen molar-refractivity contribution in [1.82, 2.24) is 5.32 Å². The number of hydrogen-bond acceptors (Lipinski definition) is 5. The Kier molecular flexibility index (Phi) is 4.38. The van der Waals surface area contributed by atoms with Crippen molar-refractivity contribution in [3.63, 3.8) is 0 Å². The summed E-state index contributed by atoms with van der Waals surface area (Å²) in [6, 6.07) is 10.9. The molecule has 0 saturated heterocycles. The number of aryl methyl sites for hydroxylation is 1. The number of amides is 1. The molecule has 136 valence electrons. The van der Waals surface area contributed by atoms with Crippen molar-refractivity contribution in [3.05, 3.63) is 75.7 Å². The van der Waals surface area contributed by atoms with Gasteiger partial charge in [-0.3, -0.25) is 9.59 Å². The lowest BCUT2D eigenvalue weighted by Gasteiger charge is -2.04. The van der Waals surface area contributed by atoms with Crippen molar-refractivity contribution >= 4 is 23.0 Å². The molecule has 27 heavy (non-hydrogen) atoms. The molecule has 0 aliphatic carbocycles. The van der Waals surface area contributed by atoms with Gasteiger partial charge in [0.15, 0.2) is 16.9 Å². The molecule has 1 aromatic heterocycles. The predicted molar refractivity (Wildman–Crippen MR) is 101 cm³/mol. The molecule has 0 atom stereocenters. The van der Waals surface area contributed by atoms with Crippen molar-refractivity contribution in [2.24, 2.45) is 0 Å². The van der Waals surface area contributed by atoms with Gasteiger partial charge in [0, 0.05) is 12.6 Å². The summed E-state index contributed by atoms with van der Waals surface area (Å²) in [4.78, 5) is 24.6. The molecule has 1 aliphatic heterocycles. The fourth-order valence-electron chi connectivity index (χ4n) is 2.84. The van der Waals surface area contributed by atoms with Gasteiger partial charge in [0.25, 0.3) is 0 Å². The van der Waals surface area contributed by atoms with E-state index in [1.54, 1.807) is 12.1 Å². The number of nitrogens with one attached hydrogen (secondary N) is 1. The van der Waals surface area contributed by atoms with Crippen LogP contribution in [0.25, 0.3) is 17.0 Å². The zero-order valence-corrected chi connectivity index (χ0v) is 14.7. The maximum Gasteiger partial charge on any atom is 0.244 e. The van der Waals surface area contributed by atoms with Gasteiger partial charge < -0.3 is 19.2 Å². The van der Waals surface area contributed by atoms with Gasteiger partial charge in [-0.1, -0.05) is 17.7 Å². The first kappa shape index (κ1) is 16.9. The van der Waals surface area contributed by atoms with Crippen LogP contribution in [-0.2, 0) is 11.3 Å². The number of fused-ring (bicyclic) bond motifs is 2. The van der Waals surface area contributed by atoms with Crippen molar-refractivity contribution in [2.45, 2.75) is 13.5 Å². The van der Waals surface area contributed by atoms with Crippen LogP contribution in [0.4, 0.5) is 0 Å². The summed E-state index contributed by atoms with van der Waals surface area (Å²) >= 11 is 0. The lowest BCUT2D eigenvalue weighted by molar-refractivity contribution is -0.116. The number of carbonyl (C=O) groups excluding carboxylic acids is 1. The number of benzene rings is 2. The number of hydrogen-bond donors (Lipinski definition) is 1. The number of carbonyl (C=O) groups is 1. The minimum Gasteiger partial charge on any atom is -0.463 e. The Morgan fingerprint density at radius 2 is 2.00 bits per heavy atom. The molecule has 1 amide bonds. The Bertz CT molecular complexity index is 1110. The van der Waals surface area contributed by atoms with Crippen molar-refractivity contribution in [2.75, 3.05) is 6.79 Å². The molecule has 2 heterocycles. The first-order valence-corrected chi connectivity index (χ1v) is 8.47. The van der Waals surface area contributed by atoms with Crippen molar-refractivity contribution in [3.8, 4) is 11.5 Å². The van der Waals surface area contributed by atoms with E-state index in [4.69, 9.17) is 13.9 Å². The van der Waals surface area contributed by atoms with Gasteiger partial charge >= 0.3 is 0 Å². The second-order valence-electron chi connectivity index (χ2n) is 6.26. The average Bonchev–Trinajstić information content (AvgIpc) is 3.14. The van der Waals surface area contributed by atoms with E-state index in [2.05, 4.69) is 5.32 Å². The molecule has 6 nitrogen and oxygen atoms in total. The third kappa shape index (κ3) is 3.55. The zero-order chi connectivity index (χ0) is 18.8. The Labute approximate surface area is 155 Å². The van der Waals surface area contributed by atoms with Crippen LogP contribution in [0.2, 0.25) is 0 Å². The Morgan fingerprint density at radius 3 is 2.89 bits per heavy atom. The molecule has 4 rings (SSSR count). The molecule has 1 N–H and O–H groups in total. The highest BCUT2D eigenvalue weighted by Crippen LogP contribution is 2.32. The molecule has 0 spiro atoms. The summed E-state index contributed by atoms with van der Waals surface area (Å²) in [5.41, 5.74) is 2.54. The third-order valence-electron chi connectivity index (χ3n) is 4.27. The summed E-state index contributed by atoms with van der Waals surface area (Å²) < 4.78 is 16.0. The van der Waals surface area contributed by atoms with Gasteiger partial charge in [-0.15, -0.1) is 0 Å². The quantitative estimate of drug-likeness (QED) is 0.721. The normalized spacial score (nSPS) is 12.6. The van der Waals surface area contributed by atoms with E-state index < -0.39 is 0 Å². The molecule has 0 radical (unpaired) electrons. The number of ether oxygens (including phenoxy) is 2. The first-order chi connectivity index (χ1) is 13.1. The summed E-state index contributed by atoms with van der Waals surface area (Å²) in [5, 5.41) is 3.27. The lowest BCUT2D eigenvalue weighted by atomic mass is 10.1. The Morgan fingerprint density at radius 1 is 1.15 bits per heavy atom. The maximum absolute atomic E-state index is 12.5. The van der Waals surface area contributed by atoms with E-state index in [9.17, 15) is 9.59 Å². The van der Waals surface area contributed by atoms with Gasteiger partial charge in [-0.2, -0.15) is 0 Å². The standard InChI is InChI=1S/C21H17NO5/c1-13-2-5-17-16(8-13)21(24)15(11-25-17)4-7-20(23)22-10-14-3-6-18-19(9-14)27-12-26-18/h2-9,11H,10,12H2,1H3,(H,22,23)/b7-4+. The molecule has 6 heteroatoms. The monoisotopic (exact) mass is 363 g/mol. The fraction of sp³-hybridized carbons (Fsp3) is 0.143. The number of rotatable bonds is 4. The average molecular weight is 363 g/mol. The van der Waals surface area contributed by atoms with Crippen LogP contribution < -0.4 is 20.2 Å². The van der Waals surface area contributed by atoms with Crippen LogP contribution in [0.15, 0.2) is 57.9 Å². The molecule has 1 aliphatic rings. The Hall–Kier alpha value is -3.54. The molecule has 2 aromatic carbocycles. The van der Waals surface area contributed by atoms with Gasteiger partial charge in [-0.05, 0) is 42.8 Å². The van der Waals surface area contributed by atoms with E-state index in [-0.39, 0.29) is 18.1 Å². The second kappa shape index (κ2) is 6.99. The molecular weight excluding hydrogens is 346 g/mol. The highest BCUT2D eigenvalue weighted by atomic mass is 16.7. The topological polar surface area (TPSA) is 77.8 Å². The largest absolute Gasteiger partial charge is 0.463 e. The minimum atomic E-state index is -0.309. The summed E-state index contributed by atoms with van der Waals surface area (Å²) in [6.45, 7) is 2.46. The highest BCUT2D eigenvalue weighted by Gasteiger charge is 2.13. The van der Waals surface area contributed by atoms with E-state index in [1.807, 2.05) is 31.2 Å². The zero-order valence-electron chi connectivity index (χ0n) is 14.7. The first-order valence-electron chi connectivity index (χ1n) is 8.47. The summed E-state index contributed by atoms with van der Waals surface area (Å²) in [7, 11) is 0. The highest BCUT2D eigenvalue weighted by molar-refractivity contribution is 5.92. The van der Waals surface area contributed by atoms with Crippen molar-refractivity contribution in [1.29, 1.82) is 0 Å². The van der Waals surface area contributed by atoms with Gasteiger partial charge in [0.1, 0.15) is 11.8 Å². The SMILES string of the molecule is Cc1ccc2occ(/C=C/C(=O)NCc3ccc4c(c3)OCO4)c(=O)c2c1. The van der Waals surface area contributed by atoms with Crippen LogP contribution in [-0.4, -0.2) is 12.7 Å². The van der Waals surface area contributed by atoms with Crippen LogP contribution in [0.3, 0.4) is 0 Å². The fourth-order valence-corrected chi connectivity index (χ4v) is 2.84. The van der Waals surface area contributed by atoms with Gasteiger partial charge in [-0.25, -0.2) is 0 Å². The van der Waals surface area contributed by atoms with E-state index in [0.717, 1.165) is 11.1 Å². The van der Waals surface area contributed by atoms with Crippen LogP contribution in [0, 0.1) is 6.92 Å². The van der Waals surface area contributed by atoms with Crippen molar-refractivity contribution < 1.29 is 18.7 Å². The Balaban J connectivity index is 1.45. The maximum atomic E-state index is 12.5.